The average molecular weight is 827 g/mol. The molecule has 300 valence electrons. The van der Waals surface area contributed by atoms with Crippen molar-refractivity contribution in [1.29, 1.82) is 0 Å². The number of nitrogens with two attached hydrogens (primary N) is 2. The van der Waals surface area contributed by atoms with Gasteiger partial charge in [0, 0.05) is 42.5 Å². The van der Waals surface area contributed by atoms with Crippen molar-refractivity contribution in [2.75, 3.05) is 31.1 Å². The lowest BCUT2D eigenvalue weighted by Gasteiger charge is -2.49. The molecule has 1 unspecified atom stereocenters. The smallest absolute Gasteiger partial charge is 0.352 e. The van der Waals surface area contributed by atoms with Crippen LogP contribution < -0.4 is 32.8 Å². The van der Waals surface area contributed by atoms with E-state index in [1.165, 1.54) is 25.6 Å². The van der Waals surface area contributed by atoms with Crippen LogP contribution in [0.5, 0.6) is 5.75 Å². The summed E-state index contributed by atoms with van der Waals surface area (Å²) >= 11 is 1.95. The zero-order valence-corrected chi connectivity index (χ0v) is 31.6. The Balaban J connectivity index is 1.24. The first-order valence-electron chi connectivity index (χ1n) is 16.6. The van der Waals surface area contributed by atoms with Crippen molar-refractivity contribution >= 4 is 70.0 Å². The summed E-state index contributed by atoms with van der Waals surface area (Å²) in [5.74, 6) is -6.03. The summed E-state index contributed by atoms with van der Waals surface area (Å²) < 4.78 is 6.00. The van der Waals surface area contributed by atoms with Crippen LogP contribution in [0, 0.1) is 0 Å². The van der Waals surface area contributed by atoms with E-state index in [4.69, 9.17) is 16.3 Å². The zero-order chi connectivity index (χ0) is 41.6. The molecule has 2 aromatic heterocycles. The molecule has 1 saturated heterocycles. The highest BCUT2D eigenvalue weighted by Crippen LogP contribution is 2.40. The van der Waals surface area contributed by atoms with E-state index in [9.17, 15) is 49.3 Å². The molecule has 0 aliphatic carbocycles. The molecule has 5 heterocycles. The monoisotopic (exact) mass is 826 g/mol. The molecule has 57 heavy (non-hydrogen) atoms. The van der Waals surface area contributed by atoms with Gasteiger partial charge in [-0.25, -0.2) is 9.59 Å². The summed E-state index contributed by atoms with van der Waals surface area (Å²) in [6.07, 6.45) is 12.4. The van der Waals surface area contributed by atoms with Crippen LogP contribution in [0.2, 0.25) is 0 Å². The lowest BCUT2D eigenvalue weighted by Crippen LogP contribution is -2.71. The summed E-state index contributed by atoms with van der Waals surface area (Å²) in [5, 5.41) is 49.8. The third kappa shape index (κ3) is 9.48. The number of β-lactam (4-membered cyclic amide) rings is 1. The Kier molecular flexibility index (Phi) is 12.5. The van der Waals surface area contributed by atoms with Gasteiger partial charge in [-0.05, 0) is 31.6 Å². The number of amides is 3. The van der Waals surface area contributed by atoms with E-state index in [0.29, 0.717) is 27.9 Å². The molecule has 5 rings (SSSR count). The maximum atomic E-state index is 13.3. The van der Waals surface area contributed by atoms with E-state index < -0.39 is 63.6 Å². The van der Waals surface area contributed by atoms with E-state index in [2.05, 4.69) is 30.5 Å². The Morgan fingerprint density at radius 2 is 1.93 bits per heavy atom. The molecule has 3 aliphatic rings. The number of nitrogens with one attached hydrogen (secondary N) is 3. The number of anilines is 1. The first-order chi connectivity index (χ1) is 27.0. The van der Waals surface area contributed by atoms with Crippen molar-refractivity contribution in [3.05, 3.63) is 93.2 Å². The van der Waals surface area contributed by atoms with Gasteiger partial charge in [-0.3, -0.25) is 24.1 Å². The number of aliphatic carboxylic acids is 2. The van der Waals surface area contributed by atoms with E-state index in [1.807, 2.05) is 0 Å². The van der Waals surface area contributed by atoms with Gasteiger partial charge < -0.3 is 52.8 Å². The minimum absolute atomic E-state index is 0.0153. The summed E-state index contributed by atoms with van der Waals surface area (Å²) in [6.45, 7) is 2.85. The van der Waals surface area contributed by atoms with Gasteiger partial charge in [0.15, 0.2) is 29.8 Å². The summed E-state index contributed by atoms with van der Waals surface area (Å²) in [7, 11) is 0. The van der Waals surface area contributed by atoms with Gasteiger partial charge >= 0.3 is 11.9 Å². The van der Waals surface area contributed by atoms with Gasteiger partial charge in [0.1, 0.15) is 28.5 Å². The molecule has 3 amide bonds. The van der Waals surface area contributed by atoms with Crippen LogP contribution in [0.25, 0.3) is 0 Å². The number of nitrogen functional groups attached to an aromatic ring is 1. The van der Waals surface area contributed by atoms with Crippen LogP contribution in [0.4, 0.5) is 5.13 Å². The summed E-state index contributed by atoms with van der Waals surface area (Å²) in [6, 6.07) is -0.383. The number of allylic oxidation sites excluding steroid dienone is 5. The summed E-state index contributed by atoms with van der Waals surface area (Å²) in [4.78, 5) is 84.8. The van der Waals surface area contributed by atoms with Gasteiger partial charge in [-0.15, -0.1) is 11.8 Å². The second-order valence-electron chi connectivity index (χ2n) is 12.6. The Labute approximate surface area is 330 Å². The van der Waals surface area contributed by atoms with Crippen molar-refractivity contribution in [2.24, 2.45) is 10.9 Å². The Bertz CT molecular complexity index is 2290. The van der Waals surface area contributed by atoms with E-state index >= 15 is 0 Å². The van der Waals surface area contributed by atoms with Gasteiger partial charge in [0.2, 0.25) is 22.6 Å². The fourth-order valence-corrected chi connectivity index (χ4v) is 6.86. The van der Waals surface area contributed by atoms with Crippen molar-refractivity contribution in [3.8, 4) is 5.75 Å². The zero-order valence-electron chi connectivity index (χ0n) is 30.0. The average Bonchev–Trinajstić information content (AvgIpc) is 3.58. The predicted molar refractivity (Wildman–Crippen MR) is 203 cm³/mol. The number of hydrogen-bond donors (Lipinski definition) is 9. The standard InChI is InChI=1S/C33H35N11O11S2/c1-33(2,31(52)53)55-40-22(25-39-32(35)57-41-25)27(48)38-23-28(49)44-24(30(50)51)16(15-56-29(23)44)6-5-11-42-10-4-3-7-17(34)18(13-42)36-8-9-37-26(47)19-12-20(45)21(46)14-43(19)54/h3-7,10,12-14,23,29,34,36,54H,8-9,11,15H2,1-2H3,(H7,35,37,38,39,41,46,47,48,50,51,52,53)/p+1/b6-5+,7-3+,10-4+,18-13?,40-22-/t23-,29?/m1/s1. The number of carbonyl (C=O) groups is 5. The maximum Gasteiger partial charge on any atom is 0.352 e. The number of aromatic nitrogens is 3. The molecular formula is C33H36N11O11S2+. The van der Waals surface area contributed by atoms with Crippen LogP contribution in [-0.4, -0.2) is 128 Å². The Hall–Kier alpha value is -6.95. The third-order valence-corrected chi connectivity index (χ3v) is 9.96. The predicted octanol–water partition coefficient (Wildman–Crippen LogP) is -1.54. The van der Waals surface area contributed by atoms with Crippen molar-refractivity contribution < 1.29 is 53.9 Å². The van der Waals surface area contributed by atoms with Crippen LogP contribution in [-0.2, 0) is 24.0 Å². The number of hydrogen-bond acceptors (Lipinski definition) is 17. The molecular weight excluding hydrogens is 791 g/mol. The maximum absolute atomic E-state index is 13.3. The van der Waals surface area contributed by atoms with Crippen molar-refractivity contribution in [1.82, 2.24) is 34.9 Å². The number of carbonyl (C=O) groups excluding carboxylic acids is 3. The molecule has 0 bridgehead atoms. The minimum Gasteiger partial charge on any atom is -0.503 e. The fraction of sp³-hybridized carbons (Fsp3) is 0.273. The Morgan fingerprint density at radius 1 is 1.18 bits per heavy atom. The van der Waals surface area contributed by atoms with E-state index in [0.717, 1.165) is 22.5 Å². The number of carboxylic acids is 2. The Morgan fingerprint density at radius 3 is 2.61 bits per heavy atom. The van der Waals surface area contributed by atoms with Crippen molar-refractivity contribution in [3.63, 3.8) is 0 Å². The van der Waals surface area contributed by atoms with E-state index in [1.54, 1.807) is 47.4 Å². The topological polar surface area (TPSA) is 330 Å². The number of nitrogens with zero attached hydrogens (tertiary/aromatic N) is 6. The number of carboxylic acid groups (broad SMARTS) is 2. The summed E-state index contributed by atoms with van der Waals surface area (Å²) in [5.41, 5.74) is 9.18. The molecule has 0 radical (unpaired) electrons. The first-order valence-corrected chi connectivity index (χ1v) is 18.4. The quantitative estimate of drug-likeness (QED) is 0.0245. The van der Waals surface area contributed by atoms with Crippen LogP contribution >= 0.6 is 23.3 Å². The van der Waals surface area contributed by atoms with Gasteiger partial charge in [0.05, 0.1) is 11.9 Å². The van der Waals surface area contributed by atoms with Crippen LogP contribution in [0.1, 0.15) is 30.2 Å². The van der Waals surface area contributed by atoms with Crippen LogP contribution in [0.3, 0.4) is 0 Å². The molecule has 24 heteroatoms. The number of rotatable bonds is 15. The third-order valence-electron chi connectivity index (χ3n) is 8.11. The number of aromatic hydroxyl groups is 1. The lowest BCUT2D eigenvalue weighted by atomic mass is 10.0. The number of thioether (sulfide) groups is 1. The second kappa shape index (κ2) is 17.2. The lowest BCUT2D eigenvalue weighted by molar-refractivity contribution is -0.439. The van der Waals surface area contributed by atoms with Gasteiger partial charge in [0.25, 0.3) is 17.7 Å². The fourth-order valence-electron chi connectivity index (χ4n) is 5.11. The molecule has 3 aliphatic heterocycles. The highest BCUT2D eigenvalue weighted by Gasteiger charge is 2.54. The number of fused-ring (bicyclic) bond motifs is 1. The highest BCUT2D eigenvalue weighted by molar-refractivity contribution is 8.00. The van der Waals surface area contributed by atoms with Gasteiger partial charge in [-0.1, -0.05) is 17.3 Å². The number of pyridine rings is 1. The minimum atomic E-state index is -1.84. The molecule has 0 aromatic carbocycles. The first kappa shape index (κ1) is 41.2. The molecule has 1 fully saturated rings. The second-order valence-corrected chi connectivity index (χ2v) is 14.5. The molecule has 0 saturated carbocycles. The molecule has 2 atom stereocenters. The molecule has 0 spiro atoms. The normalized spacial score (nSPS) is 21.6. The number of oxime groups is 1. The molecule has 22 nitrogen and oxygen atoms in total. The van der Waals surface area contributed by atoms with Crippen molar-refractivity contribution in [2.45, 2.75) is 30.9 Å². The van der Waals surface area contributed by atoms with E-state index in [-0.39, 0.29) is 47.7 Å². The van der Waals surface area contributed by atoms with Crippen LogP contribution in [0.15, 0.2) is 81.5 Å². The largest absolute Gasteiger partial charge is 0.503 e. The molecule has 2 aromatic rings. The SMILES string of the molecule is CC(C)(O/N=C(\C(=O)N[C@@H]1C(=O)N2C(C(=O)O)=C(/C=C/C[N+]3=C/C(NCCNC(=O)c4cc(=O)c(O)cn4O)=C(N)\C=C\C=C\3)CSC12)c1nsc(N)n1)C(=O)O. The van der Waals surface area contributed by atoms with Gasteiger partial charge in [-0.2, -0.15) is 18.7 Å². The molecule has 11 N–H and O–H groups in total. The highest BCUT2D eigenvalue weighted by atomic mass is 32.2.